The van der Waals surface area contributed by atoms with Gasteiger partial charge in [-0.25, -0.2) is 0 Å². The monoisotopic (exact) mass is 319 g/mol. The first kappa shape index (κ1) is 13.3. The van der Waals surface area contributed by atoms with Gasteiger partial charge in [-0.05, 0) is 0 Å². The first-order valence-corrected chi connectivity index (χ1v) is 13.1. The Morgan fingerprint density at radius 1 is 0.938 bits per heavy atom. The zero-order valence-electron chi connectivity index (χ0n) is 9.78. The molecule has 0 aliphatic rings. The predicted molar refractivity (Wildman–Crippen MR) is 75.7 cm³/mol. The van der Waals surface area contributed by atoms with Crippen LogP contribution in [0.5, 0.6) is 0 Å². The molecule has 1 radical (unpaired) electrons. The third-order valence-corrected chi connectivity index (χ3v) is 16.5. The van der Waals surface area contributed by atoms with Crippen LogP contribution in [0.4, 0.5) is 0 Å². The van der Waals surface area contributed by atoms with E-state index in [-0.39, 0.29) is 0 Å². The van der Waals surface area contributed by atoms with E-state index >= 15 is 0 Å². The molecule has 0 heterocycles. The summed E-state index contributed by atoms with van der Waals surface area (Å²) < 4.78 is 4.97. The van der Waals surface area contributed by atoms with E-state index in [4.69, 9.17) is 0 Å². The molecule has 0 unspecified atom stereocenters. The maximum absolute atomic E-state index is 3.91. The molecular formula is C15H19Sn. The molecule has 0 fully saturated rings. The average molecular weight is 318 g/mol. The van der Waals surface area contributed by atoms with E-state index in [1.54, 1.807) is 0 Å². The summed E-state index contributed by atoms with van der Waals surface area (Å²) in [5, 5.41) is 0. The summed E-state index contributed by atoms with van der Waals surface area (Å²) in [7, 11) is 0. The van der Waals surface area contributed by atoms with Crippen LogP contribution in [-0.4, -0.2) is 18.4 Å². The summed E-state index contributed by atoms with van der Waals surface area (Å²) in [5.41, 5.74) is 0. The van der Waals surface area contributed by atoms with Gasteiger partial charge in [-0.2, -0.15) is 0 Å². The summed E-state index contributed by atoms with van der Waals surface area (Å²) in [6, 6.07) is 11.5. The Balaban J connectivity index is 3.13. The molecule has 0 atom stereocenters. The first-order chi connectivity index (χ1) is 7.79. The number of allylic oxidation sites excluding steroid dienone is 3. The van der Waals surface area contributed by atoms with Gasteiger partial charge in [-0.15, -0.1) is 0 Å². The SMILES string of the molecule is C=C[CH2][Sn]([CH2]C=C)([CH2]C=C)[c]1cc[c]cc1. The van der Waals surface area contributed by atoms with E-state index in [1.165, 1.54) is 3.58 Å². The molecule has 1 rings (SSSR count). The van der Waals surface area contributed by atoms with E-state index < -0.39 is 18.4 Å². The number of hydrogen-bond donors (Lipinski definition) is 0. The van der Waals surface area contributed by atoms with Crippen LogP contribution in [0.1, 0.15) is 0 Å². The second kappa shape index (κ2) is 6.74. The summed E-state index contributed by atoms with van der Waals surface area (Å²) >= 11 is -2.37. The van der Waals surface area contributed by atoms with Gasteiger partial charge < -0.3 is 0 Å². The fourth-order valence-electron chi connectivity index (χ4n) is 2.17. The second-order valence-electron chi connectivity index (χ2n) is 4.05. The molecule has 0 saturated carbocycles. The molecule has 0 nitrogen and oxygen atoms in total. The quantitative estimate of drug-likeness (QED) is 0.531. The summed E-state index contributed by atoms with van der Waals surface area (Å²) in [6.07, 6.45) is 6.21. The normalized spacial score (nSPS) is 10.8. The van der Waals surface area contributed by atoms with Crippen LogP contribution >= 0.6 is 0 Å². The molecular weight excluding hydrogens is 299 g/mol. The van der Waals surface area contributed by atoms with Crippen molar-refractivity contribution >= 4 is 22.0 Å². The van der Waals surface area contributed by atoms with Crippen LogP contribution in [-0.2, 0) is 0 Å². The Morgan fingerprint density at radius 3 is 1.75 bits per heavy atom. The van der Waals surface area contributed by atoms with E-state index in [9.17, 15) is 0 Å². The fraction of sp³-hybridized carbons (Fsp3) is 0.200. The van der Waals surface area contributed by atoms with Crippen molar-refractivity contribution in [3.8, 4) is 0 Å². The molecule has 1 heteroatoms. The summed E-state index contributed by atoms with van der Waals surface area (Å²) in [4.78, 5) is 0. The molecule has 1 aromatic carbocycles. The van der Waals surface area contributed by atoms with Gasteiger partial charge in [0.1, 0.15) is 0 Å². The molecule has 0 saturated heterocycles. The topological polar surface area (TPSA) is 0 Å². The second-order valence-corrected chi connectivity index (χ2v) is 16.5. The molecule has 16 heavy (non-hydrogen) atoms. The number of rotatable bonds is 7. The molecule has 0 aromatic heterocycles. The van der Waals surface area contributed by atoms with Gasteiger partial charge in [0.15, 0.2) is 0 Å². The molecule has 0 bridgehead atoms. The van der Waals surface area contributed by atoms with Gasteiger partial charge in [0, 0.05) is 0 Å². The van der Waals surface area contributed by atoms with E-state index in [0.717, 1.165) is 13.3 Å². The molecule has 83 valence electrons. The van der Waals surface area contributed by atoms with E-state index in [2.05, 4.69) is 56.2 Å². The molecule has 0 N–H and O–H groups in total. The van der Waals surface area contributed by atoms with E-state index in [0.29, 0.717) is 0 Å². The van der Waals surface area contributed by atoms with Gasteiger partial charge in [0.2, 0.25) is 0 Å². The zero-order chi connectivity index (χ0) is 11.9. The van der Waals surface area contributed by atoms with Gasteiger partial charge in [-0.1, -0.05) is 0 Å². The van der Waals surface area contributed by atoms with Crippen LogP contribution in [0, 0.1) is 6.07 Å². The van der Waals surface area contributed by atoms with Gasteiger partial charge in [-0.3, -0.25) is 0 Å². The Kier molecular flexibility index (Phi) is 5.61. The van der Waals surface area contributed by atoms with Crippen molar-refractivity contribution in [3.05, 3.63) is 68.3 Å². The molecule has 0 aliphatic heterocycles. The molecule has 0 spiro atoms. The minimum absolute atomic E-state index is 1.15. The van der Waals surface area contributed by atoms with Crippen molar-refractivity contribution in [1.29, 1.82) is 0 Å². The third-order valence-electron chi connectivity index (χ3n) is 2.94. The van der Waals surface area contributed by atoms with Crippen molar-refractivity contribution in [1.82, 2.24) is 0 Å². The van der Waals surface area contributed by atoms with Gasteiger partial charge in [0.05, 0.1) is 0 Å². The summed E-state index contributed by atoms with van der Waals surface area (Å²) in [6.45, 7) is 11.7. The van der Waals surface area contributed by atoms with Crippen LogP contribution in [0.15, 0.2) is 62.2 Å². The Hall–Kier alpha value is -0.761. The maximum atomic E-state index is 3.91. The van der Waals surface area contributed by atoms with Crippen molar-refractivity contribution in [2.75, 3.05) is 0 Å². The van der Waals surface area contributed by atoms with Gasteiger partial charge >= 0.3 is 104 Å². The van der Waals surface area contributed by atoms with Crippen molar-refractivity contribution < 1.29 is 0 Å². The summed E-state index contributed by atoms with van der Waals surface area (Å²) in [5.74, 6) is 0. The van der Waals surface area contributed by atoms with Crippen LogP contribution < -0.4 is 3.58 Å². The fourth-order valence-corrected chi connectivity index (χ4v) is 12.8. The molecule has 1 aromatic rings. The Bertz CT molecular complexity index is 324. The Labute approximate surface area is 103 Å². The molecule has 0 amide bonds. The van der Waals surface area contributed by atoms with Crippen LogP contribution in [0.3, 0.4) is 0 Å². The Morgan fingerprint density at radius 2 is 1.38 bits per heavy atom. The average Bonchev–Trinajstić information content (AvgIpc) is 2.31. The van der Waals surface area contributed by atoms with Crippen molar-refractivity contribution in [2.24, 2.45) is 0 Å². The molecule has 0 aliphatic carbocycles. The van der Waals surface area contributed by atoms with Crippen LogP contribution in [0.2, 0.25) is 13.3 Å². The van der Waals surface area contributed by atoms with E-state index in [1.807, 2.05) is 12.1 Å². The standard InChI is InChI=1S/C6H4.3C3H5.Sn/c1-2-4-6-5-3-1;3*1-3-2;/h1-2,5-6H;3*3H,1-2H2;. The zero-order valence-corrected chi connectivity index (χ0v) is 12.6. The van der Waals surface area contributed by atoms with Crippen molar-refractivity contribution in [2.45, 2.75) is 13.3 Å². The third kappa shape index (κ3) is 3.11. The number of hydrogen-bond acceptors (Lipinski definition) is 0. The van der Waals surface area contributed by atoms with Crippen molar-refractivity contribution in [3.63, 3.8) is 0 Å². The minimum atomic E-state index is -2.37. The van der Waals surface area contributed by atoms with Crippen LogP contribution in [0.25, 0.3) is 0 Å². The number of benzene rings is 1. The predicted octanol–water partition coefficient (Wildman–Crippen LogP) is 3.70. The van der Waals surface area contributed by atoms with Gasteiger partial charge in [0.25, 0.3) is 0 Å². The first-order valence-electron chi connectivity index (χ1n) is 5.58.